The molecule has 134 valence electrons. The van der Waals surface area contributed by atoms with Crippen molar-refractivity contribution >= 4 is 23.2 Å². The molecule has 2 N–H and O–H groups in total. The first-order valence-electron chi connectivity index (χ1n) is 8.41. The van der Waals surface area contributed by atoms with E-state index < -0.39 is 0 Å². The summed E-state index contributed by atoms with van der Waals surface area (Å²) in [6.07, 6.45) is 1.70. The summed E-state index contributed by atoms with van der Waals surface area (Å²) in [4.78, 5) is 12.7. The first-order chi connectivity index (χ1) is 12.6. The van der Waals surface area contributed by atoms with Crippen LogP contribution in [0.4, 0.5) is 5.69 Å². The number of anilines is 1. The lowest BCUT2D eigenvalue weighted by Gasteiger charge is -2.11. The van der Waals surface area contributed by atoms with E-state index >= 15 is 0 Å². The van der Waals surface area contributed by atoms with Crippen molar-refractivity contribution in [2.75, 3.05) is 12.4 Å². The Morgan fingerprint density at radius 1 is 1.19 bits per heavy atom. The van der Waals surface area contributed by atoms with Crippen molar-refractivity contribution in [3.63, 3.8) is 0 Å². The average Bonchev–Trinajstić information content (AvgIpc) is 3.04. The Labute approximate surface area is 157 Å². The third-order valence-corrected chi connectivity index (χ3v) is 4.30. The van der Waals surface area contributed by atoms with E-state index in [4.69, 9.17) is 16.3 Å². The lowest BCUT2D eigenvalue weighted by Crippen LogP contribution is -2.13. The van der Waals surface area contributed by atoms with Gasteiger partial charge in [0.1, 0.15) is 11.4 Å². The number of H-pyrrole nitrogens is 1. The SMILES string of the molecule is CCCc1[nH]nc(-c2ccccc2OC)c1NC(=O)c1ccc(Cl)cc1. The molecule has 0 radical (unpaired) electrons. The highest BCUT2D eigenvalue weighted by Gasteiger charge is 2.20. The van der Waals surface area contributed by atoms with Crippen LogP contribution in [0.1, 0.15) is 29.4 Å². The van der Waals surface area contributed by atoms with Crippen LogP contribution < -0.4 is 10.1 Å². The van der Waals surface area contributed by atoms with Gasteiger partial charge in [-0.25, -0.2) is 0 Å². The average molecular weight is 370 g/mol. The second-order valence-corrected chi connectivity index (χ2v) is 6.27. The molecular formula is C20H20ClN3O2. The van der Waals surface area contributed by atoms with Crippen LogP contribution in [0.25, 0.3) is 11.3 Å². The molecule has 2 aromatic carbocycles. The smallest absolute Gasteiger partial charge is 0.255 e. The molecule has 26 heavy (non-hydrogen) atoms. The molecule has 0 atom stereocenters. The van der Waals surface area contributed by atoms with Crippen molar-refractivity contribution in [2.45, 2.75) is 19.8 Å². The zero-order valence-corrected chi connectivity index (χ0v) is 15.4. The van der Waals surface area contributed by atoms with Crippen LogP contribution in [0.3, 0.4) is 0 Å². The molecule has 1 amide bonds. The number of carbonyl (C=O) groups is 1. The van der Waals surface area contributed by atoms with Gasteiger partial charge in [-0.1, -0.05) is 37.1 Å². The largest absolute Gasteiger partial charge is 0.496 e. The van der Waals surface area contributed by atoms with Gasteiger partial charge in [0.2, 0.25) is 0 Å². The Morgan fingerprint density at radius 3 is 2.62 bits per heavy atom. The minimum atomic E-state index is -0.212. The van der Waals surface area contributed by atoms with Crippen LogP contribution in [0.2, 0.25) is 5.02 Å². The van der Waals surface area contributed by atoms with Gasteiger partial charge in [-0.15, -0.1) is 0 Å². The van der Waals surface area contributed by atoms with E-state index in [9.17, 15) is 4.79 Å². The zero-order chi connectivity index (χ0) is 18.5. The number of aryl methyl sites for hydroxylation is 1. The summed E-state index contributed by atoms with van der Waals surface area (Å²) in [5.74, 6) is 0.487. The molecule has 0 aliphatic rings. The Morgan fingerprint density at radius 2 is 1.92 bits per heavy atom. The summed E-state index contributed by atoms with van der Waals surface area (Å²) in [6, 6.07) is 14.4. The fraction of sp³-hybridized carbons (Fsp3) is 0.200. The summed E-state index contributed by atoms with van der Waals surface area (Å²) < 4.78 is 5.45. The fourth-order valence-electron chi connectivity index (χ4n) is 2.77. The van der Waals surface area contributed by atoms with Gasteiger partial charge in [-0.3, -0.25) is 9.89 Å². The van der Waals surface area contributed by atoms with Crippen LogP contribution in [-0.4, -0.2) is 23.2 Å². The Hall–Kier alpha value is -2.79. The van der Waals surface area contributed by atoms with Gasteiger partial charge in [0, 0.05) is 16.1 Å². The second-order valence-electron chi connectivity index (χ2n) is 5.84. The molecule has 0 aliphatic heterocycles. The second kappa shape index (κ2) is 8.06. The van der Waals surface area contributed by atoms with Crippen LogP contribution in [0, 0.1) is 0 Å². The maximum atomic E-state index is 12.7. The van der Waals surface area contributed by atoms with Crippen molar-refractivity contribution in [1.29, 1.82) is 0 Å². The van der Waals surface area contributed by atoms with Gasteiger partial charge < -0.3 is 10.1 Å². The predicted molar refractivity (Wildman–Crippen MR) is 104 cm³/mol. The quantitative estimate of drug-likeness (QED) is 0.646. The van der Waals surface area contributed by atoms with E-state index in [-0.39, 0.29) is 5.91 Å². The van der Waals surface area contributed by atoms with Crippen LogP contribution >= 0.6 is 11.6 Å². The molecule has 6 heteroatoms. The highest BCUT2D eigenvalue weighted by atomic mass is 35.5. The summed E-state index contributed by atoms with van der Waals surface area (Å²) in [6.45, 7) is 2.08. The van der Waals surface area contributed by atoms with E-state index in [0.717, 1.165) is 24.1 Å². The van der Waals surface area contributed by atoms with E-state index in [1.165, 1.54) is 0 Å². The molecular weight excluding hydrogens is 350 g/mol. The number of hydrogen-bond donors (Lipinski definition) is 2. The van der Waals surface area contributed by atoms with Gasteiger partial charge in [0.25, 0.3) is 5.91 Å². The third kappa shape index (κ3) is 3.73. The Balaban J connectivity index is 2.00. The van der Waals surface area contributed by atoms with Crippen molar-refractivity contribution in [3.8, 4) is 17.0 Å². The van der Waals surface area contributed by atoms with Crippen LogP contribution in [0.5, 0.6) is 5.75 Å². The number of ether oxygens (including phenoxy) is 1. The summed E-state index contributed by atoms with van der Waals surface area (Å²) in [5, 5.41) is 11.1. The first-order valence-corrected chi connectivity index (χ1v) is 8.79. The normalized spacial score (nSPS) is 10.6. The highest BCUT2D eigenvalue weighted by molar-refractivity contribution is 6.30. The molecule has 0 saturated heterocycles. The van der Waals surface area contributed by atoms with Crippen molar-refractivity contribution in [3.05, 3.63) is 64.8 Å². The molecule has 0 fully saturated rings. The molecule has 0 bridgehead atoms. The molecule has 0 saturated carbocycles. The van der Waals surface area contributed by atoms with Crippen molar-refractivity contribution in [2.24, 2.45) is 0 Å². The number of benzene rings is 2. The third-order valence-electron chi connectivity index (χ3n) is 4.05. The molecule has 1 heterocycles. The monoisotopic (exact) mass is 369 g/mol. The predicted octanol–water partition coefficient (Wildman–Crippen LogP) is 4.94. The summed E-state index contributed by atoms with van der Waals surface area (Å²) in [7, 11) is 1.62. The maximum absolute atomic E-state index is 12.7. The van der Waals surface area contributed by atoms with Crippen LogP contribution in [-0.2, 0) is 6.42 Å². The minimum absolute atomic E-state index is 0.212. The lowest BCUT2D eigenvalue weighted by atomic mass is 10.1. The number of carbonyl (C=O) groups excluding carboxylic acids is 1. The number of amides is 1. The van der Waals surface area contributed by atoms with Gasteiger partial charge in [-0.05, 0) is 42.8 Å². The number of aromatic amines is 1. The maximum Gasteiger partial charge on any atom is 0.255 e. The van der Waals surface area contributed by atoms with Crippen molar-refractivity contribution < 1.29 is 9.53 Å². The molecule has 1 aromatic heterocycles. The number of nitrogens with zero attached hydrogens (tertiary/aromatic N) is 1. The van der Waals surface area contributed by atoms with E-state index in [1.807, 2.05) is 24.3 Å². The van der Waals surface area contributed by atoms with Gasteiger partial charge in [0.05, 0.1) is 18.5 Å². The topological polar surface area (TPSA) is 67.0 Å². The van der Waals surface area contributed by atoms with Gasteiger partial charge >= 0.3 is 0 Å². The Bertz CT molecular complexity index is 904. The number of methoxy groups -OCH3 is 1. The lowest BCUT2D eigenvalue weighted by molar-refractivity contribution is 0.102. The van der Waals surface area contributed by atoms with Gasteiger partial charge in [0.15, 0.2) is 0 Å². The van der Waals surface area contributed by atoms with E-state index in [2.05, 4.69) is 22.4 Å². The standard InChI is InChI=1S/C20H20ClN3O2/c1-3-6-16-19(22-20(25)13-9-11-14(21)12-10-13)18(24-23-16)15-7-4-5-8-17(15)26-2/h4-5,7-12H,3,6H2,1-2H3,(H,22,25)(H,23,24). The number of rotatable bonds is 6. The highest BCUT2D eigenvalue weighted by Crippen LogP contribution is 2.35. The molecule has 5 nitrogen and oxygen atoms in total. The minimum Gasteiger partial charge on any atom is -0.496 e. The Kier molecular flexibility index (Phi) is 5.58. The van der Waals surface area contributed by atoms with Gasteiger partial charge in [-0.2, -0.15) is 5.10 Å². The number of nitrogens with one attached hydrogen (secondary N) is 2. The number of hydrogen-bond acceptors (Lipinski definition) is 3. The number of para-hydroxylation sites is 1. The summed E-state index contributed by atoms with van der Waals surface area (Å²) >= 11 is 5.90. The number of halogens is 1. The molecule has 3 rings (SSSR count). The van der Waals surface area contributed by atoms with Crippen LogP contribution in [0.15, 0.2) is 48.5 Å². The van der Waals surface area contributed by atoms with E-state index in [0.29, 0.717) is 27.7 Å². The molecule has 0 aliphatic carbocycles. The molecule has 0 spiro atoms. The fourth-order valence-corrected chi connectivity index (χ4v) is 2.89. The van der Waals surface area contributed by atoms with E-state index in [1.54, 1.807) is 31.4 Å². The zero-order valence-electron chi connectivity index (χ0n) is 14.7. The summed E-state index contributed by atoms with van der Waals surface area (Å²) in [5.41, 5.74) is 3.57. The first kappa shape index (κ1) is 18.0. The number of aromatic nitrogens is 2. The molecule has 3 aromatic rings. The molecule has 0 unspecified atom stereocenters. The van der Waals surface area contributed by atoms with Crippen molar-refractivity contribution in [1.82, 2.24) is 10.2 Å².